The summed E-state index contributed by atoms with van der Waals surface area (Å²) < 4.78 is 13.4. The van der Waals surface area contributed by atoms with Crippen LogP contribution < -0.4 is 0 Å². The molecule has 4 heterocycles. The Bertz CT molecular complexity index is 3770. The summed E-state index contributed by atoms with van der Waals surface area (Å²) in [6.07, 6.45) is 3.96. The van der Waals surface area contributed by atoms with Gasteiger partial charge in [0.1, 0.15) is 17.0 Å². The standard InChI is InChI=1S/C57H36N4O/c1-2-13-37(14-3-1)57-58-31-32-59(57)53-28-25-41(35-54(53)61-51-23-10-6-19-45(51)46-20-7-11-24-52(46)61)39-16-12-15-38(33-39)40-26-29-55-47(34-40)48-36-42(27-30-56(48)62-55)60-49-21-8-4-17-43(49)44-18-5-9-22-50(44)60/h1-36H. The monoisotopic (exact) mass is 792 g/mol. The van der Waals surface area contributed by atoms with E-state index in [9.17, 15) is 0 Å². The number of nitrogens with zero attached hydrogens (tertiary/aromatic N) is 4. The molecule has 0 N–H and O–H groups in total. The highest BCUT2D eigenvalue weighted by Gasteiger charge is 2.20. The molecule has 13 rings (SSSR count). The first-order chi connectivity index (χ1) is 30.7. The highest BCUT2D eigenvalue weighted by atomic mass is 16.3. The summed E-state index contributed by atoms with van der Waals surface area (Å²) in [7, 11) is 0. The molecule has 0 unspecified atom stereocenters. The molecule has 4 aromatic heterocycles. The van der Waals surface area contributed by atoms with Gasteiger partial charge in [0.25, 0.3) is 0 Å². The summed E-state index contributed by atoms with van der Waals surface area (Å²) in [5, 5.41) is 7.13. The summed E-state index contributed by atoms with van der Waals surface area (Å²) >= 11 is 0. The van der Waals surface area contributed by atoms with Gasteiger partial charge in [-0.2, -0.15) is 0 Å². The largest absolute Gasteiger partial charge is 0.456 e. The number of para-hydroxylation sites is 4. The quantitative estimate of drug-likeness (QED) is 0.168. The third kappa shape index (κ3) is 5.25. The second-order valence-corrected chi connectivity index (χ2v) is 16.0. The van der Waals surface area contributed by atoms with Crippen LogP contribution in [-0.2, 0) is 0 Å². The average molecular weight is 793 g/mol. The molecule has 0 amide bonds. The third-order valence-corrected chi connectivity index (χ3v) is 12.5. The molecule has 0 saturated carbocycles. The van der Waals surface area contributed by atoms with Crippen molar-refractivity contribution in [3.05, 3.63) is 219 Å². The fourth-order valence-corrected chi connectivity index (χ4v) is 9.73. The van der Waals surface area contributed by atoms with Crippen LogP contribution in [0.5, 0.6) is 0 Å². The number of furan rings is 1. The highest BCUT2D eigenvalue weighted by molar-refractivity contribution is 6.12. The summed E-state index contributed by atoms with van der Waals surface area (Å²) in [5.41, 5.74) is 15.3. The molecular formula is C57H36N4O. The summed E-state index contributed by atoms with van der Waals surface area (Å²) in [6.45, 7) is 0. The van der Waals surface area contributed by atoms with Crippen LogP contribution in [0, 0.1) is 0 Å². The SMILES string of the molecule is c1ccc(-c2nccn2-c2ccc(-c3cccc(-c4ccc5oc6ccc(-n7c8ccccc8c8ccccc87)cc6c5c4)c3)cc2-n2c3ccccc3c3ccccc32)cc1. The molecule has 5 nitrogen and oxygen atoms in total. The van der Waals surface area contributed by atoms with Crippen molar-refractivity contribution in [1.29, 1.82) is 0 Å². The zero-order valence-electron chi connectivity index (χ0n) is 33.5. The topological polar surface area (TPSA) is 40.8 Å². The van der Waals surface area contributed by atoms with Gasteiger partial charge < -0.3 is 13.6 Å². The Morgan fingerprint density at radius 1 is 0.339 bits per heavy atom. The van der Waals surface area contributed by atoms with E-state index in [2.05, 4.69) is 220 Å². The maximum atomic E-state index is 6.45. The number of rotatable bonds is 6. The van der Waals surface area contributed by atoms with Gasteiger partial charge in [-0.3, -0.25) is 4.57 Å². The molecule has 0 radical (unpaired) electrons. The minimum atomic E-state index is 0.875. The van der Waals surface area contributed by atoms with Crippen molar-refractivity contribution < 1.29 is 4.42 Å². The molecule has 9 aromatic carbocycles. The Morgan fingerprint density at radius 3 is 1.48 bits per heavy atom. The van der Waals surface area contributed by atoms with Gasteiger partial charge in [-0.25, -0.2) is 4.98 Å². The smallest absolute Gasteiger partial charge is 0.144 e. The lowest BCUT2D eigenvalue weighted by Crippen LogP contribution is -2.04. The number of imidazole rings is 1. The number of hydrogen-bond donors (Lipinski definition) is 0. The van der Waals surface area contributed by atoms with E-state index in [1.807, 2.05) is 12.3 Å². The second kappa shape index (κ2) is 13.6. The van der Waals surface area contributed by atoms with Gasteiger partial charge in [-0.05, 0) is 95.1 Å². The van der Waals surface area contributed by atoms with E-state index in [-0.39, 0.29) is 0 Å². The second-order valence-electron chi connectivity index (χ2n) is 16.0. The normalized spacial score (nSPS) is 11.9. The molecule has 0 fully saturated rings. The average Bonchev–Trinajstić information content (AvgIpc) is 4.13. The molecular weight excluding hydrogens is 757 g/mol. The van der Waals surface area contributed by atoms with Gasteiger partial charge in [-0.1, -0.05) is 133 Å². The lowest BCUT2D eigenvalue weighted by Gasteiger charge is -2.18. The maximum Gasteiger partial charge on any atom is 0.144 e. The van der Waals surface area contributed by atoms with Crippen LogP contribution in [0.25, 0.3) is 116 Å². The molecule has 290 valence electrons. The van der Waals surface area contributed by atoms with Gasteiger partial charge in [0.05, 0.1) is 33.4 Å². The summed E-state index contributed by atoms with van der Waals surface area (Å²) in [5.74, 6) is 0.895. The van der Waals surface area contributed by atoms with Crippen molar-refractivity contribution in [2.75, 3.05) is 0 Å². The van der Waals surface area contributed by atoms with Crippen LogP contribution in [0.1, 0.15) is 0 Å². The number of benzene rings is 9. The van der Waals surface area contributed by atoms with E-state index in [4.69, 9.17) is 9.40 Å². The van der Waals surface area contributed by atoms with Crippen LogP contribution >= 0.6 is 0 Å². The van der Waals surface area contributed by atoms with Crippen molar-refractivity contribution >= 4 is 65.6 Å². The van der Waals surface area contributed by atoms with Gasteiger partial charge >= 0.3 is 0 Å². The van der Waals surface area contributed by atoms with Crippen molar-refractivity contribution in [3.63, 3.8) is 0 Å². The predicted octanol–water partition coefficient (Wildman–Crippen LogP) is 15.0. The number of hydrogen-bond acceptors (Lipinski definition) is 2. The lowest BCUT2D eigenvalue weighted by atomic mass is 9.97. The fraction of sp³-hybridized carbons (Fsp3) is 0. The van der Waals surface area contributed by atoms with Crippen molar-refractivity contribution in [2.24, 2.45) is 0 Å². The number of aromatic nitrogens is 4. The lowest BCUT2D eigenvalue weighted by molar-refractivity contribution is 0.669. The van der Waals surface area contributed by atoms with Gasteiger partial charge in [0.15, 0.2) is 0 Å². The third-order valence-electron chi connectivity index (χ3n) is 12.5. The van der Waals surface area contributed by atoms with E-state index in [0.29, 0.717) is 0 Å². The van der Waals surface area contributed by atoms with Gasteiger partial charge in [0, 0.05) is 56.0 Å². The molecule has 0 spiro atoms. The molecule has 0 saturated heterocycles. The number of fused-ring (bicyclic) bond motifs is 9. The highest BCUT2D eigenvalue weighted by Crippen LogP contribution is 2.40. The van der Waals surface area contributed by atoms with Crippen LogP contribution in [0.2, 0.25) is 0 Å². The zero-order valence-corrected chi connectivity index (χ0v) is 33.5. The van der Waals surface area contributed by atoms with Gasteiger partial charge in [-0.15, -0.1) is 0 Å². The summed E-state index contributed by atoms with van der Waals surface area (Å²) in [6, 6.07) is 73.9. The van der Waals surface area contributed by atoms with E-state index in [1.165, 1.54) is 32.6 Å². The van der Waals surface area contributed by atoms with E-state index < -0.39 is 0 Å². The first-order valence-electron chi connectivity index (χ1n) is 21.0. The minimum absolute atomic E-state index is 0.875. The molecule has 0 atom stereocenters. The van der Waals surface area contributed by atoms with Crippen molar-refractivity contribution in [2.45, 2.75) is 0 Å². The van der Waals surface area contributed by atoms with Crippen LogP contribution in [0.3, 0.4) is 0 Å². The van der Waals surface area contributed by atoms with Crippen LogP contribution in [-0.4, -0.2) is 18.7 Å². The minimum Gasteiger partial charge on any atom is -0.456 e. The molecule has 0 aliphatic rings. The van der Waals surface area contributed by atoms with Crippen molar-refractivity contribution in [3.8, 4) is 50.7 Å². The van der Waals surface area contributed by atoms with E-state index >= 15 is 0 Å². The zero-order chi connectivity index (χ0) is 40.7. The molecule has 0 aliphatic heterocycles. The van der Waals surface area contributed by atoms with Crippen molar-refractivity contribution in [1.82, 2.24) is 18.7 Å². The maximum absolute atomic E-state index is 6.45. The predicted molar refractivity (Wildman–Crippen MR) is 256 cm³/mol. The molecule has 0 bridgehead atoms. The van der Waals surface area contributed by atoms with Crippen LogP contribution in [0.4, 0.5) is 0 Å². The van der Waals surface area contributed by atoms with E-state index in [0.717, 1.165) is 83.7 Å². The van der Waals surface area contributed by atoms with Crippen LogP contribution in [0.15, 0.2) is 223 Å². The molecule has 0 aliphatic carbocycles. The summed E-state index contributed by atoms with van der Waals surface area (Å²) in [4.78, 5) is 4.86. The van der Waals surface area contributed by atoms with E-state index in [1.54, 1.807) is 0 Å². The Labute approximate surface area is 356 Å². The Kier molecular flexibility index (Phi) is 7.54. The molecule has 13 aromatic rings. The first kappa shape index (κ1) is 34.5. The fourth-order valence-electron chi connectivity index (χ4n) is 9.73. The Hall–Kier alpha value is -8.41. The first-order valence-corrected chi connectivity index (χ1v) is 21.0. The molecule has 62 heavy (non-hydrogen) atoms. The molecule has 5 heteroatoms. The van der Waals surface area contributed by atoms with Gasteiger partial charge in [0.2, 0.25) is 0 Å². The Balaban J connectivity index is 0.958. The Morgan fingerprint density at radius 2 is 0.839 bits per heavy atom.